The van der Waals surface area contributed by atoms with Crippen LogP contribution in [-0.2, 0) is 32.7 Å². The fourth-order valence-electron chi connectivity index (χ4n) is 0.632. The third-order valence-corrected chi connectivity index (χ3v) is 2.25. The molecule has 1 aromatic heterocycles. The van der Waals surface area contributed by atoms with Gasteiger partial charge in [-0.1, -0.05) is 11.3 Å². The fourth-order valence-corrected chi connectivity index (χ4v) is 1.49. The molecule has 1 aromatic rings. The molecular formula is C7H6ClOSY-. The summed E-state index contributed by atoms with van der Waals surface area (Å²) in [6, 6.07) is 1.64. The summed E-state index contributed by atoms with van der Waals surface area (Å²) in [5.41, 5.74) is 0.606. The van der Waals surface area contributed by atoms with Gasteiger partial charge in [0.2, 0.25) is 0 Å². The Balaban J connectivity index is 0.000001000. The summed E-state index contributed by atoms with van der Waals surface area (Å²) in [4.78, 5) is 11.0. The van der Waals surface area contributed by atoms with Crippen LogP contribution in [0.4, 0.5) is 0 Å². The van der Waals surface area contributed by atoms with Gasteiger partial charge in [0, 0.05) is 32.7 Å². The van der Waals surface area contributed by atoms with Crippen LogP contribution in [0.25, 0.3) is 0 Å². The summed E-state index contributed by atoms with van der Waals surface area (Å²) in [5.74, 6) is 0.0856. The van der Waals surface area contributed by atoms with Gasteiger partial charge in [0.15, 0.2) is 0 Å². The van der Waals surface area contributed by atoms with Crippen molar-refractivity contribution in [1.29, 1.82) is 0 Å². The summed E-state index contributed by atoms with van der Waals surface area (Å²) in [6.07, 6.45) is 0.504. The Morgan fingerprint density at radius 2 is 2.45 bits per heavy atom. The molecule has 1 rings (SSSR count). The van der Waals surface area contributed by atoms with E-state index in [4.69, 9.17) is 11.6 Å². The molecule has 1 nitrogen and oxygen atoms in total. The van der Waals surface area contributed by atoms with Gasteiger partial charge in [-0.05, 0) is 6.42 Å². The molecule has 1 heterocycles. The van der Waals surface area contributed by atoms with Crippen molar-refractivity contribution in [2.75, 3.05) is 0 Å². The van der Waals surface area contributed by atoms with Crippen molar-refractivity contribution in [1.82, 2.24) is 0 Å². The topological polar surface area (TPSA) is 17.1 Å². The molecule has 0 saturated carbocycles. The summed E-state index contributed by atoms with van der Waals surface area (Å²) in [5, 5.41) is 2.80. The number of carbonyl (C=O) groups is 1. The first-order chi connectivity index (χ1) is 4.75. The minimum atomic E-state index is 0. The van der Waals surface area contributed by atoms with Gasteiger partial charge in [0.05, 0.1) is 5.78 Å². The molecule has 0 atom stereocenters. The molecule has 0 aliphatic heterocycles. The Labute approximate surface area is 100 Å². The average Bonchev–Trinajstić information content (AvgIpc) is 2.34. The van der Waals surface area contributed by atoms with Gasteiger partial charge in [-0.15, -0.1) is 10.9 Å². The minimum Gasteiger partial charge on any atom is -0.310 e. The standard InChI is InChI=1S/C7H6ClOS.Y/c1-2-6(9)5-3-4-10-7(5)8;/h3H,2H2,1H3;/q-1;. The molecule has 1 radical (unpaired) electrons. The van der Waals surface area contributed by atoms with Crippen molar-refractivity contribution in [2.45, 2.75) is 13.3 Å². The molecule has 0 fully saturated rings. The van der Waals surface area contributed by atoms with Gasteiger partial charge in [-0.25, -0.2) is 0 Å². The first kappa shape index (κ1) is 11.8. The maximum absolute atomic E-state index is 11.0. The first-order valence-electron chi connectivity index (χ1n) is 2.94. The monoisotopic (exact) mass is 262 g/mol. The van der Waals surface area contributed by atoms with E-state index in [9.17, 15) is 4.79 Å². The van der Waals surface area contributed by atoms with Crippen LogP contribution in [0, 0.1) is 5.38 Å². The predicted octanol–water partition coefficient (Wildman–Crippen LogP) is 2.79. The number of carbonyl (C=O) groups excluding carboxylic acids is 1. The van der Waals surface area contributed by atoms with Crippen LogP contribution in [0.3, 0.4) is 0 Å². The van der Waals surface area contributed by atoms with E-state index in [2.05, 4.69) is 5.38 Å². The summed E-state index contributed by atoms with van der Waals surface area (Å²) < 4.78 is 0.548. The quantitative estimate of drug-likeness (QED) is 0.592. The maximum atomic E-state index is 11.0. The second kappa shape index (κ2) is 5.42. The Morgan fingerprint density at radius 1 is 1.82 bits per heavy atom. The number of rotatable bonds is 2. The number of Topliss-reactive ketones (excluding diaryl/α,β-unsaturated/α-hetero) is 1. The Bertz CT molecular complexity index is 246. The van der Waals surface area contributed by atoms with Crippen LogP contribution in [0.2, 0.25) is 4.34 Å². The molecule has 11 heavy (non-hydrogen) atoms. The van der Waals surface area contributed by atoms with E-state index >= 15 is 0 Å². The molecule has 0 aliphatic rings. The van der Waals surface area contributed by atoms with Gasteiger partial charge in [0.25, 0.3) is 0 Å². The number of halogens is 1. The second-order valence-corrected chi connectivity index (χ2v) is 3.28. The van der Waals surface area contributed by atoms with E-state index in [1.54, 1.807) is 6.07 Å². The second-order valence-electron chi connectivity index (χ2n) is 1.83. The molecule has 0 aliphatic carbocycles. The average molecular weight is 263 g/mol. The largest absolute Gasteiger partial charge is 0.310 e. The van der Waals surface area contributed by atoms with Crippen LogP contribution in [0.1, 0.15) is 23.7 Å². The summed E-state index contributed by atoms with van der Waals surface area (Å²) >= 11 is 6.95. The van der Waals surface area contributed by atoms with Gasteiger partial charge in [-0.2, -0.15) is 17.7 Å². The van der Waals surface area contributed by atoms with Crippen LogP contribution >= 0.6 is 22.9 Å². The Morgan fingerprint density at radius 3 is 2.82 bits per heavy atom. The van der Waals surface area contributed by atoms with Crippen molar-refractivity contribution >= 4 is 28.7 Å². The minimum absolute atomic E-state index is 0. The SMILES string of the molecule is CCC(=O)c1c[c-]sc1Cl.[Y]. The summed E-state index contributed by atoms with van der Waals surface area (Å²) in [6.45, 7) is 1.82. The smallest absolute Gasteiger partial charge is 0.0994 e. The molecule has 0 saturated heterocycles. The van der Waals surface area contributed by atoms with E-state index < -0.39 is 0 Å². The van der Waals surface area contributed by atoms with Crippen LogP contribution in [-0.4, -0.2) is 5.78 Å². The predicted molar refractivity (Wildman–Crippen MR) is 42.8 cm³/mol. The van der Waals surface area contributed by atoms with Crippen molar-refractivity contribution in [3.63, 3.8) is 0 Å². The molecule has 0 amide bonds. The van der Waals surface area contributed by atoms with Crippen LogP contribution < -0.4 is 0 Å². The molecule has 0 aromatic carbocycles. The van der Waals surface area contributed by atoms with Crippen molar-refractivity contribution in [2.24, 2.45) is 0 Å². The molecule has 4 heteroatoms. The van der Waals surface area contributed by atoms with E-state index in [0.717, 1.165) is 0 Å². The Hall–Kier alpha value is 0.764. The van der Waals surface area contributed by atoms with Gasteiger partial charge < -0.3 is 4.79 Å². The molecule has 0 bridgehead atoms. The van der Waals surface area contributed by atoms with Crippen LogP contribution in [0.5, 0.6) is 0 Å². The zero-order valence-electron chi connectivity index (χ0n) is 6.06. The number of ketones is 1. The van der Waals surface area contributed by atoms with Crippen molar-refractivity contribution in [3.05, 3.63) is 21.3 Å². The number of thiophene rings is 1. The molecule has 0 unspecified atom stereocenters. The normalized spacial score (nSPS) is 8.91. The third kappa shape index (κ3) is 2.94. The van der Waals surface area contributed by atoms with Crippen LogP contribution in [0.15, 0.2) is 6.07 Å². The summed E-state index contributed by atoms with van der Waals surface area (Å²) in [7, 11) is 0. The first-order valence-corrected chi connectivity index (χ1v) is 4.13. The molecule has 0 spiro atoms. The van der Waals surface area contributed by atoms with Gasteiger partial charge >= 0.3 is 0 Å². The third-order valence-electron chi connectivity index (χ3n) is 1.19. The van der Waals surface area contributed by atoms with E-state index in [0.29, 0.717) is 16.3 Å². The molecule has 0 N–H and O–H groups in total. The van der Waals surface area contributed by atoms with E-state index in [1.165, 1.54) is 11.3 Å². The number of hydrogen-bond acceptors (Lipinski definition) is 2. The Kier molecular flexibility index (Phi) is 5.79. The molecule has 57 valence electrons. The maximum Gasteiger partial charge on any atom is 0.0994 e. The van der Waals surface area contributed by atoms with Gasteiger partial charge in [-0.3, -0.25) is 11.3 Å². The molecular weight excluding hydrogens is 257 g/mol. The fraction of sp³-hybridized carbons (Fsp3) is 0.286. The van der Waals surface area contributed by atoms with E-state index in [1.807, 2.05) is 6.92 Å². The van der Waals surface area contributed by atoms with Crippen molar-refractivity contribution < 1.29 is 37.5 Å². The van der Waals surface area contributed by atoms with Crippen molar-refractivity contribution in [3.8, 4) is 0 Å². The van der Waals surface area contributed by atoms with E-state index in [-0.39, 0.29) is 38.5 Å². The zero-order valence-corrected chi connectivity index (χ0v) is 10.5. The van der Waals surface area contributed by atoms with Gasteiger partial charge in [0.1, 0.15) is 0 Å². The zero-order chi connectivity index (χ0) is 7.56. The number of hydrogen-bond donors (Lipinski definition) is 0.